The van der Waals surface area contributed by atoms with Crippen molar-refractivity contribution >= 4 is 23.3 Å². The molecule has 5 heteroatoms. The van der Waals surface area contributed by atoms with Crippen LogP contribution in [0.4, 0.5) is 0 Å². The van der Waals surface area contributed by atoms with Crippen LogP contribution < -0.4 is 5.11 Å². The molecule has 0 radical (unpaired) electrons. The third-order valence-electron chi connectivity index (χ3n) is 9.71. The van der Waals surface area contributed by atoms with E-state index < -0.39 is 11.4 Å². The minimum Gasteiger partial charge on any atom is -0.550 e. The smallest absolute Gasteiger partial charge is 0.139 e. The predicted molar refractivity (Wildman–Crippen MR) is 104 cm³/mol. The van der Waals surface area contributed by atoms with Gasteiger partial charge in [-0.1, -0.05) is 20.8 Å². The lowest BCUT2D eigenvalue weighted by molar-refractivity contribution is -0.306. The van der Waals surface area contributed by atoms with Crippen molar-refractivity contribution in [2.24, 2.45) is 46.3 Å². The van der Waals surface area contributed by atoms with E-state index in [0.29, 0.717) is 32.1 Å². The molecular formula is C24H33O5-. The van der Waals surface area contributed by atoms with E-state index in [9.17, 15) is 24.3 Å². The third kappa shape index (κ3) is 3.02. The Bertz CT molecular complexity index is 756. The van der Waals surface area contributed by atoms with Crippen molar-refractivity contribution in [3.05, 3.63) is 0 Å². The molecule has 0 aliphatic heterocycles. The second-order valence-corrected chi connectivity index (χ2v) is 10.8. The lowest BCUT2D eigenvalue weighted by Gasteiger charge is -2.58. The van der Waals surface area contributed by atoms with E-state index in [1.165, 1.54) is 0 Å². The first-order valence-corrected chi connectivity index (χ1v) is 11.4. The Kier molecular flexibility index (Phi) is 5.02. The van der Waals surface area contributed by atoms with Crippen LogP contribution in [0, 0.1) is 46.3 Å². The Hall–Kier alpha value is -1.52. The average Bonchev–Trinajstić information content (AvgIpc) is 3.01. The average molecular weight is 402 g/mol. The van der Waals surface area contributed by atoms with Crippen LogP contribution in [0.15, 0.2) is 0 Å². The highest BCUT2D eigenvalue weighted by atomic mass is 16.4. The van der Waals surface area contributed by atoms with E-state index in [2.05, 4.69) is 13.8 Å². The summed E-state index contributed by atoms with van der Waals surface area (Å²) < 4.78 is 0. The van der Waals surface area contributed by atoms with Crippen molar-refractivity contribution in [1.82, 2.24) is 0 Å². The Morgan fingerprint density at radius 3 is 2.52 bits per heavy atom. The van der Waals surface area contributed by atoms with Crippen LogP contribution >= 0.6 is 0 Å². The van der Waals surface area contributed by atoms with Crippen molar-refractivity contribution in [2.75, 3.05) is 0 Å². The third-order valence-corrected chi connectivity index (χ3v) is 9.71. The fraction of sp³-hybridized carbons (Fsp3) is 0.833. The number of carboxylic acid groups (broad SMARTS) is 1. The molecule has 0 spiro atoms. The fourth-order valence-corrected chi connectivity index (χ4v) is 7.94. The number of fused-ring (bicyclic) bond motifs is 5. The van der Waals surface area contributed by atoms with Gasteiger partial charge in [0.1, 0.15) is 17.3 Å². The van der Waals surface area contributed by atoms with Crippen LogP contribution in [0.5, 0.6) is 0 Å². The summed E-state index contributed by atoms with van der Waals surface area (Å²) in [4.78, 5) is 49.8. The number of carbonyl (C=O) groups excluding carboxylic acids is 4. The van der Waals surface area contributed by atoms with E-state index in [-0.39, 0.29) is 64.7 Å². The van der Waals surface area contributed by atoms with Gasteiger partial charge in [0, 0.05) is 43.0 Å². The molecule has 0 bridgehead atoms. The highest BCUT2D eigenvalue weighted by Crippen LogP contribution is 2.66. The maximum absolute atomic E-state index is 13.6. The highest BCUT2D eigenvalue weighted by Gasteiger charge is 2.66. The molecule has 29 heavy (non-hydrogen) atoms. The summed E-state index contributed by atoms with van der Waals surface area (Å²) in [5.41, 5.74) is -0.627. The van der Waals surface area contributed by atoms with Crippen LogP contribution in [0.1, 0.15) is 78.6 Å². The second kappa shape index (κ2) is 7.02. The molecule has 0 aromatic carbocycles. The van der Waals surface area contributed by atoms with Crippen LogP contribution in [-0.2, 0) is 19.2 Å². The van der Waals surface area contributed by atoms with Gasteiger partial charge in [-0.05, 0) is 67.1 Å². The van der Waals surface area contributed by atoms with E-state index in [1.54, 1.807) is 0 Å². The first kappa shape index (κ1) is 20.7. The standard InChI is InChI=1S/C24H34O5/c1-13(4-7-21(28)29)16-5-6-17-22-18(12-20(27)24(16,17)3)23(2)9-8-15(25)10-14(23)11-19(22)26/h13-14,16-18,22H,4-12H2,1-3H3,(H,28,29)/p-1/t13-,14-,16-,17+,18-,22+,23+,24-/m1/s1. The monoisotopic (exact) mass is 401 g/mol. The number of hydrogen-bond acceptors (Lipinski definition) is 5. The molecule has 8 atom stereocenters. The maximum Gasteiger partial charge on any atom is 0.139 e. The minimum atomic E-state index is -1.04. The van der Waals surface area contributed by atoms with Gasteiger partial charge in [-0.3, -0.25) is 14.4 Å². The molecule has 0 aromatic rings. The number of carboxylic acids is 1. The molecular weight excluding hydrogens is 368 g/mol. The van der Waals surface area contributed by atoms with Gasteiger partial charge in [0.05, 0.1) is 0 Å². The van der Waals surface area contributed by atoms with E-state index in [4.69, 9.17) is 0 Å². The zero-order chi connectivity index (χ0) is 21.1. The normalized spacial score (nSPS) is 45.3. The molecule has 4 fully saturated rings. The lowest BCUT2D eigenvalue weighted by Crippen LogP contribution is -2.60. The van der Waals surface area contributed by atoms with Gasteiger partial charge in [-0.2, -0.15) is 0 Å². The number of carbonyl (C=O) groups is 4. The summed E-state index contributed by atoms with van der Waals surface area (Å²) >= 11 is 0. The fourth-order valence-electron chi connectivity index (χ4n) is 7.94. The molecule has 0 N–H and O–H groups in total. The SMILES string of the molecule is C[C@H](CCC(=O)[O-])[C@H]1CC[C@H]2[C@@H]3C(=O)C[C@H]4CC(=O)CC[C@]4(C)[C@@H]3CC(=O)[C@]12C. The maximum atomic E-state index is 13.6. The molecule has 4 aliphatic rings. The highest BCUT2D eigenvalue weighted by molar-refractivity contribution is 5.93. The van der Waals surface area contributed by atoms with E-state index in [1.807, 2.05) is 6.92 Å². The summed E-state index contributed by atoms with van der Waals surface area (Å²) in [6.45, 7) is 6.32. The van der Waals surface area contributed by atoms with Crippen LogP contribution in [0.2, 0.25) is 0 Å². The van der Waals surface area contributed by atoms with Gasteiger partial charge in [0.2, 0.25) is 0 Å². The Morgan fingerprint density at radius 2 is 1.83 bits per heavy atom. The Balaban J connectivity index is 1.63. The second-order valence-electron chi connectivity index (χ2n) is 10.8. The van der Waals surface area contributed by atoms with Gasteiger partial charge >= 0.3 is 0 Å². The molecule has 4 rings (SSSR count). The molecule has 0 heterocycles. The minimum absolute atomic E-state index is 0.0192. The summed E-state index contributed by atoms with van der Waals surface area (Å²) in [5.74, 6) is 0.130. The summed E-state index contributed by atoms with van der Waals surface area (Å²) in [5, 5.41) is 10.9. The van der Waals surface area contributed by atoms with Crippen molar-refractivity contribution in [2.45, 2.75) is 78.6 Å². The number of ketones is 3. The van der Waals surface area contributed by atoms with E-state index >= 15 is 0 Å². The largest absolute Gasteiger partial charge is 0.550 e. The number of rotatable bonds is 4. The van der Waals surface area contributed by atoms with Crippen molar-refractivity contribution in [1.29, 1.82) is 0 Å². The first-order valence-electron chi connectivity index (χ1n) is 11.4. The molecule has 0 saturated heterocycles. The number of Topliss-reactive ketones (excluding diaryl/α,β-unsaturated/α-hetero) is 3. The van der Waals surface area contributed by atoms with Gasteiger partial charge in [-0.15, -0.1) is 0 Å². The Labute approximate surface area is 173 Å². The summed E-state index contributed by atoms with van der Waals surface area (Å²) in [7, 11) is 0. The Morgan fingerprint density at radius 1 is 1.10 bits per heavy atom. The zero-order valence-electron chi connectivity index (χ0n) is 17.9. The lowest BCUT2D eigenvalue weighted by atomic mass is 9.44. The quantitative estimate of drug-likeness (QED) is 0.722. The molecule has 0 unspecified atom stereocenters. The van der Waals surface area contributed by atoms with Gasteiger partial charge in [0.15, 0.2) is 0 Å². The van der Waals surface area contributed by atoms with E-state index in [0.717, 1.165) is 19.3 Å². The van der Waals surface area contributed by atoms with Gasteiger partial charge in [-0.25, -0.2) is 0 Å². The van der Waals surface area contributed by atoms with Gasteiger partial charge in [0.25, 0.3) is 0 Å². The molecule has 5 nitrogen and oxygen atoms in total. The molecule has 0 aromatic heterocycles. The summed E-state index contributed by atoms with van der Waals surface area (Å²) in [6, 6.07) is 0. The summed E-state index contributed by atoms with van der Waals surface area (Å²) in [6.07, 6.45) is 5.08. The van der Waals surface area contributed by atoms with Crippen LogP contribution in [0.3, 0.4) is 0 Å². The number of hydrogen-bond donors (Lipinski definition) is 0. The van der Waals surface area contributed by atoms with Crippen molar-refractivity contribution in [3.8, 4) is 0 Å². The molecule has 0 amide bonds. The molecule has 160 valence electrons. The zero-order valence-corrected chi connectivity index (χ0v) is 17.9. The van der Waals surface area contributed by atoms with Crippen molar-refractivity contribution < 1.29 is 24.3 Å². The van der Waals surface area contributed by atoms with Crippen LogP contribution in [0.25, 0.3) is 0 Å². The molecule has 4 saturated carbocycles. The first-order chi connectivity index (χ1) is 13.6. The number of aliphatic carboxylic acids is 1. The topological polar surface area (TPSA) is 91.3 Å². The predicted octanol–water partition coefficient (Wildman–Crippen LogP) is 2.74. The van der Waals surface area contributed by atoms with Gasteiger partial charge < -0.3 is 9.90 Å². The molecule has 4 aliphatic carbocycles. The van der Waals surface area contributed by atoms with Crippen molar-refractivity contribution in [3.63, 3.8) is 0 Å². The van der Waals surface area contributed by atoms with Crippen LogP contribution in [-0.4, -0.2) is 23.3 Å².